The zero-order valence-corrected chi connectivity index (χ0v) is 19.9. The number of nitrogens with one attached hydrogen (secondary N) is 1. The maximum Gasteiger partial charge on any atom is 0.234 e. The molecule has 1 N–H and O–H groups in total. The van der Waals surface area contributed by atoms with Crippen LogP contribution in [0.15, 0.2) is 59.8 Å². The molecule has 1 aliphatic heterocycles. The van der Waals surface area contributed by atoms with Crippen molar-refractivity contribution in [2.75, 3.05) is 42.8 Å². The minimum Gasteiger partial charge on any atom is -0.383 e. The topological polar surface area (TPSA) is 72.3 Å². The first-order chi connectivity index (χ1) is 16.2. The lowest BCUT2D eigenvalue weighted by atomic mass is 10.2. The Morgan fingerprint density at radius 3 is 2.42 bits per heavy atom. The van der Waals surface area contributed by atoms with Crippen LogP contribution in [0.3, 0.4) is 0 Å². The van der Waals surface area contributed by atoms with Crippen molar-refractivity contribution in [1.82, 2.24) is 14.8 Å². The third kappa shape index (κ3) is 6.36. The molecule has 2 aromatic carbocycles. The van der Waals surface area contributed by atoms with E-state index in [0.717, 1.165) is 30.2 Å². The molecule has 7 nitrogen and oxygen atoms in total. The van der Waals surface area contributed by atoms with Crippen molar-refractivity contribution in [3.63, 3.8) is 0 Å². The monoisotopic (exact) mass is 465 g/mol. The summed E-state index contributed by atoms with van der Waals surface area (Å²) >= 11 is 1.38. The summed E-state index contributed by atoms with van der Waals surface area (Å²) in [4.78, 5) is 15.0. The lowest BCUT2D eigenvalue weighted by Gasteiger charge is -2.22. The maximum absolute atomic E-state index is 12.6. The molecule has 4 rings (SSSR count). The third-order valence-corrected chi connectivity index (χ3v) is 6.69. The van der Waals surface area contributed by atoms with Crippen molar-refractivity contribution in [2.45, 2.75) is 37.4 Å². The van der Waals surface area contributed by atoms with E-state index in [2.05, 4.69) is 32.5 Å². The second-order valence-corrected chi connectivity index (χ2v) is 9.04. The highest BCUT2D eigenvalue weighted by Gasteiger charge is 2.16. The fourth-order valence-corrected chi connectivity index (χ4v) is 4.76. The quantitative estimate of drug-likeness (QED) is 0.462. The van der Waals surface area contributed by atoms with Crippen molar-refractivity contribution in [2.24, 2.45) is 0 Å². The zero-order valence-electron chi connectivity index (χ0n) is 19.1. The van der Waals surface area contributed by atoms with Crippen LogP contribution in [0.4, 0.5) is 11.4 Å². The SMILES string of the molecule is COCCn1c(SCC(=O)Nc2ccc(N3CCCCCC3)cc2)nnc1-c1ccccc1. The molecule has 33 heavy (non-hydrogen) atoms. The number of methoxy groups -OCH3 is 1. The Kier molecular flexibility index (Phi) is 8.38. The summed E-state index contributed by atoms with van der Waals surface area (Å²) in [5, 5.41) is 12.4. The van der Waals surface area contributed by atoms with Gasteiger partial charge in [0.25, 0.3) is 0 Å². The van der Waals surface area contributed by atoms with Gasteiger partial charge in [-0.1, -0.05) is 54.9 Å². The highest BCUT2D eigenvalue weighted by atomic mass is 32.2. The predicted octanol–water partition coefficient (Wildman–Crippen LogP) is 4.70. The van der Waals surface area contributed by atoms with Crippen LogP contribution in [-0.2, 0) is 16.1 Å². The van der Waals surface area contributed by atoms with Gasteiger partial charge in [-0.15, -0.1) is 10.2 Å². The average molecular weight is 466 g/mol. The Morgan fingerprint density at radius 1 is 1.00 bits per heavy atom. The number of anilines is 2. The molecule has 174 valence electrons. The van der Waals surface area contributed by atoms with Crippen LogP contribution in [0, 0.1) is 0 Å². The Bertz CT molecular complexity index is 1020. The van der Waals surface area contributed by atoms with Gasteiger partial charge in [0.1, 0.15) is 0 Å². The molecule has 0 spiro atoms. The second kappa shape index (κ2) is 11.9. The van der Waals surface area contributed by atoms with Crippen molar-refractivity contribution >= 4 is 29.0 Å². The van der Waals surface area contributed by atoms with Gasteiger partial charge in [0.15, 0.2) is 11.0 Å². The summed E-state index contributed by atoms with van der Waals surface area (Å²) < 4.78 is 7.26. The average Bonchev–Trinajstić information content (AvgIpc) is 3.05. The van der Waals surface area contributed by atoms with Gasteiger partial charge in [-0.3, -0.25) is 9.36 Å². The fraction of sp³-hybridized carbons (Fsp3) is 0.400. The molecule has 1 fully saturated rings. The molecule has 0 aliphatic carbocycles. The number of thioether (sulfide) groups is 1. The lowest BCUT2D eigenvalue weighted by Crippen LogP contribution is -2.23. The van der Waals surface area contributed by atoms with Crippen LogP contribution in [0.2, 0.25) is 0 Å². The first-order valence-corrected chi connectivity index (χ1v) is 12.5. The van der Waals surface area contributed by atoms with E-state index < -0.39 is 0 Å². The van der Waals surface area contributed by atoms with Gasteiger partial charge in [0, 0.05) is 37.1 Å². The van der Waals surface area contributed by atoms with Gasteiger partial charge < -0.3 is 15.0 Å². The van der Waals surface area contributed by atoms with E-state index in [4.69, 9.17) is 4.74 Å². The molecule has 0 atom stereocenters. The van der Waals surface area contributed by atoms with Crippen LogP contribution in [-0.4, -0.2) is 53.2 Å². The molecule has 1 aliphatic rings. The number of aromatic nitrogens is 3. The number of hydrogen-bond acceptors (Lipinski definition) is 6. The van der Waals surface area contributed by atoms with Crippen LogP contribution in [0.25, 0.3) is 11.4 Å². The molecule has 8 heteroatoms. The number of rotatable bonds is 9. The van der Waals surface area contributed by atoms with Crippen LogP contribution in [0.1, 0.15) is 25.7 Å². The lowest BCUT2D eigenvalue weighted by molar-refractivity contribution is -0.113. The van der Waals surface area contributed by atoms with Crippen molar-refractivity contribution in [3.8, 4) is 11.4 Å². The summed E-state index contributed by atoms with van der Waals surface area (Å²) in [6.45, 7) is 3.38. The largest absolute Gasteiger partial charge is 0.383 e. The van der Waals surface area contributed by atoms with E-state index >= 15 is 0 Å². The third-order valence-electron chi connectivity index (χ3n) is 5.72. The molecule has 1 amide bonds. The Balaban J connectivity index is 1.36. The van der Waals surface area contributed by atoms with E-state index in [-0.39, 0.29) is 11.7 Å². The fourth-order valence-electron chi connectivity index (χ4n) is 3.99. The number of carbonyl (C=O) groups excluding carboxylic acids is 1. The summed E-state index contributed by atoms with van der Waals surface area (Å²) in [6, 6.07) is 18.1. The molecular weight excluding hydrogens is 434 g/mol. The van der Waals surface area contributed by atoms with Crippen LogP contribution in [0.5, 0.6) is 0 Å². The first kappa shape index (κ1) is 23.3. The standard InChI is InChI=1S/C25H31N5O2S/c1-32-18-17-30-24(20-9-5-4-6-10-20)27-28-25(30)33-19-23(31)26-21-11-13-22(14-12-21)29-15-7-2-3-8-16-29/h4-6,9-14H,2-3,7-8,15-19H2,1H3,(H,26,31). The molecule has 0 bridgehead atoms. The Hall–Kier alpha value is -2.84. The van der Waals surface area contributed by atoms with Crippen molar-refractivity contribution < 1.29 is 9.53 Å². The first-order valence-electron chi connectivity index (χ1n) is 11.5. The van der Waals surface area contributed by atoms with Gasteiger partial charge in [-0.05, 0) is 37.1 Å². The zero-order chi connectivity index (χ0) is 22.9. The molecule has 0 saturated carbocycles. The highest BCUT2D eigenvalue weighted by molar-refractivity contribution is 7.99. The van der Waals surface area contributed by atoms with Crippen LogP contribution < -0.4 is 10.2 Å². The van der Waals surface area contributed by atoms with E-state index in [1.807, 2.05) is 47.0 Å². The van der Waals surface area contributed by atoms with E-state index in [1.165, 1.54) is 43.1 Å². The van der Waals surface area contributed by atoms with Crippen molar-refractivity contribution in [1.29, 1.82) is 0 Å². The van der Waals surface area contributed by atoms with Gasteiger partial charge in [0.2, 0.25) is 5.91 Å². The van der Waals surface area contributed by atoms with Gasteiger partial charge >= 0.3 is 0 Å². The van der Waals surface area contributed by atoms with E-state index in [0.29, 0.717) is 18.3 Å². The van der Waals surface area contributed by atoms with Crippen molar-refractivity contribution in [3.05, 3.63) is 54.6 Å². The maximum atomic E-state index is 12.6. The van der Waals surface area contributed by atoms with E-state index in [1.54, 1.807) is 7.11 Å². The smallest absolute Gasteiger partial charge is 0.234 e. The van der Waals surface area contributed by atoms with E-state index in [9.17, 15) is 4.79 Å². The number of ether oxygens (including phenoxy) is 1. The second-order valence-electron chi connectivity index (χ2n) is 8.10. The molecule has 1 saturated heterocycles. The number of nitrogens with zero attached hydrogens (tertiary/aromatic N) is 4. The number of benzene rings is 2. The van der Waals surface area contributed by atoms with Gasteiger partial charge in [0.05, 0.1) is 18.9 Å². The summed E-state index contributed by atoms with van der Waals surface area (Å²) in [6.07, 6.45) is 5.12. The molecule has 0 unspecified atom stereocenters. The molecule has 3 aromatic rings. The number of amides is 1. The molecule has 0 radical (unpaired) electrons. The van der Waals surface area contributed by atoms with Crippen LogP contribution >= 0.6 is 11.8 Å². The summed E-state index contributed by atoms with van der Waals surface area (Å²) in [5.74, 6) is 0.970. The molecule has 2 heterocycles. The number of hydrogen-bond donors (Lipinski definition) is 1. The number of carbonyl (C=O) groups is 1. The van der Waals surface area contributed by atoms with Gasteiger partial charge in [-0.25, -0.2) is 0 Å². The molecular formula is C25H31N5O2S. The molecule has 1 aromatic heterocycles. The highest BCUT2D eigenvalue weighted by Crippen LogP contribution is 2.25. The minimum absolute atomic E-state index is 0.0647. The van der Waals surface area contributed by atoms with Gasteiger partial charge in [-0.2, -0.15) is 0 Å². The Morgan fingerprint density at radius 2 is 1.73 bits per heavy atom. The minimum atomic E-state index is -0.0647. The predicted molar refractivity (Wildman–Crippen MR) is 134 cm³/mol. The normalized spacial score (nSPS) is 14.2. The summed E-state index contributed by atoms with van der Waals surface area (Å²) in [7, 11) is 1.67. The Labute approximate surface area is 199 Å². The summed E-state index contributed by atoms with van der Waals surface area (Å²) in [5.41, 5.74) is 3.02.